The molecule has 5 nitrogen and oxygen atoms in total. The fraction of sp³-hybridized carbons (Fsp3) is 0.375. The minimum atomic E-state index is -0.871. The molecule has 0 aliphatic carbocycles. The maximum absolute atomic E-state index is 11.2. The lowest BCUT2D eigenvalue weighted by Gasteiger charge is -2.36. The second kappa shape index (κ2) is 8.70. The summed E-state index contributed by atoms with van der Waals surface area (Å²) in [5, 5.41) is 10.3. The summed E-state index contributed by atoms with van der Waals surface area (Å²) in [5.41, 5.74) is 5.30. The lowest BCUT2D eigenvalue weighted by atomic mass is 10.0. The third-order valence-electron chi connectivity index (χ3n) is 6.01. The summed E-state index contributed by atoms with van der Waals surface area (Å²) in [4.78, 5) is 19.5. The van der Waals surface area contributed by atoms with Crippen molar-refractivity contribution in [3.8, 4) is 0 Å². The summed E-state index contributed by atoms with van der Waals surface area (Å²) in [6.07, 6.45) is 5.28. The number of aromatic nitrogens is 1. The number of carbonyl (C=O) groups is 1. The van der Waals surface area contributed by atoms with Crippen molar-refractivity contribution in [1.82, 2.24) is 9.88 Å². The highest BCUT2D eigenvalue weighted by Gasteiger charge is 2.17. The minimum absolute atomic E-state index is 0.352. The van der Waals surface area contributed by atoms with Crippen LogP contribution in [0.4, 0.5) is 5.69 Å². The van der Waals surface area contributed by atoms with Crippen LogP contribution in [-0.4, -0.2) is 53.7 Å². The normalized spacial score (nSPS) is 15.1. The number of aromatic amines is 1. The highest BCUT2D eigenvalue weighted by molar-refractivity contribution is 5.94. The molecule has 1 fully saturated rings. The summed E-state index contributed by atoms with van der Waals surface area (Å²) in [5.74, 6) is -0.871. The topological polar surface area (TPSA) is 59.6 Å². The number of piperazine rings is 1. The Morgan fingerprint density at radius 2 is 1.86 bits per heavy atom. The van der Waals surface area contributed by atoms with Gasteiger partial charge in [-0.05, 0) is 68.1 Å². The first-order valence-electron chi connectivity index (χ1n) is 10.5. The maximum Gasteiger partial charge on any atom is 0.335 e. The van der Waals surface area contributed by atoms with E-state index in [0.717, 1.165) is 62.9 Å². The predicted molar refractivity (Wildman–Crippen MR) is 118 cm³/mol. The Hall–Kier alpha value is -2.79. The van der Waals surface area contributed by atoms with Crippen molar-refractivity contribution >= 4 is 22.6 Å². The van der Waals surface area contributed by atoms with Crippen LogP contribution in [0.3, 0.4) is 0 Å². The van der Waals surface area contributed by atoms with Crippen LogP contribution < -0.4 is 4.90 Å². The summed E-state index contributed by atoms with van der Waals surface area (Å²) >= 11 is 0. The Morgan fingerprint density at radius 3 is 2.62 bits per heavy atom. The first-order valence-corrected chi connectivity index (χ1v) is 10.5. The predicted octanol–water partition coefficient (Wildman–Crippen LogP) is 4.32. The number of hydrogen-bond acceptors (Lipinski definition) is 3. The van der Waals surface area contributed by atoms with E-state index < -0.39 is 5.97 Å². The summed E-state index contributed by atoms with van der Waals surface area (Å²) in [6.45, 7) is 7.72. The number of carboxylic acids is 1. The molecular weight excluding hydrogens is 362 g/mol. The molecule has 0 saturated carbocycles. The molecule has 4 rings (SSSR count). The van der Waals surface area contributed by atoms with Crippen molar-refractivity contribution in [1.29, 1.82) is 0 Å². The van der Waals surface area contributed by atoms with Gasteiger partial charge in [0.05, 0.1) is 5.56 Å². The Kier molecular flexibility index (Phi) is 5.86. The largest absolute Gasteiger partial charge is 0.478 e. The van der Waals surface area contributed by atoms with Gasteiger partial charge in [-0.3, -0.25) is 4.90 Å². The number of nitrogens with one attached hydrogen (secondary N) is 1. The molecular formula is C24H29N3O2. The van der Waals surface area contributed by atoms with E-state index in [0.29, 0.717) is 5.56 Å². The van der Waals surface area contributed by atoms with Crippen LogP contribution in [0.1, 0.15) is 34.3 Å². The van der Waals surface area contributed by atoms with Gasteiger partial charge in [0.25, 0.3) is 0 Å². The number of H-pyrrole nitrogens is 1. The molecule has 3 aromatic rings. The van der Waals surface area contributed by atoms with Crippen molar-refractivity contribution in [3.63, 3.8) is 0 Å². The van der Waals surface area contributed by atoms with Crippen LogP contribution in [-0.2, 0) is 6.42 Å². The zero-order chi connectivity index (χ0) is 20.2. The van der Waals surface area contributed by atoms with Gasteiger partial charge in [0.1, 0.15) is 0 Å². The summed E-state index contributed by atoms with van der Waals surface area (Å²) < 4.78 is 0. The second-order valence-electron chi connectivity index (χ2n) is 7.95. The van der Waals surface area contributed by atoms with Crippen LogP contribution in [0, 0.1) is 6.92 Å². The quantitative estimate of drug-likeness (QED) is 0.589. The lowest BCUT2D eigenvalue weighted by molar-refractivity contribution is 0.0697. The molecule has 0 radical (unpaired) electrons. The van der Waals surface area contributed by atoms with E-state index in [4.69, 9.17) is 0 Å². The van der Waals surface area contributed by atoms with Gasteiger partial charge in [-0.25, -0.2) is 4.79 Å². The van der Waals surface area contributed by atoms with Crippen LogP contribution in [0.15, 0.2) is 48.7 Å². The molecule has 0 amide bonds. The Balaban J connectivity index is 1.25. The average molecular weight is 392 g/mol. The fourth-order valence-corrected chi connectivity index (χ4v) is 4.30. The maximum atomic E-state index is 11.2. The molecule has 2 aromatic carbocycles. The molecule has 5 heteroatoms. The zero-order valence-corrected chi connectivity index (χ0v) is 17.0. The summed E-state index contributed by atoms with van der Waals surface area (Å²) in [7, 11) is 0. The number of rotatable bonds is 7. The first-order chi connectivity index (χ1) is 14.1. The molecule has 29 heavy (non-hydrogen) atoms. The highest BCUT2D eigenvalue weighted by Crippen LogP contribution is 2.23. The number of nitrogens with zero attached hydrogens (tertiary/aromatic N) is 2. The lowest BCUT2D eigenvalue weighted by Crippen LogP contribution is -2.46. The molecule has 152 valence electrons. The van der Waals surface area contributed by atoms with Gasteiger partial charge in [-0.1, -0.05) is 18.2 Å². The molecule has 0 unspecified atom stereocenters. The van der Waals surface area contributed by atoms with E-state index in [-0.39, 0.29) is 0 Å². The third kappa shape index (κ3) is 4.46. The molecule has 2 N–H and O–H groups in total. The van der Waals surface area contributed by atoms with E-state index in [1.807, 2.05) is 12.3 Å². The number of carboxylic acid groups (broad SMARTS) is 1. The molecule has 2 heterocycles. The monoisotopic (exact) mass is 391 g/mol. The fourth-order valence-electron chi connectivity index (χ4n) is 4.30. The zero-order valence-electron chi connectivity index (χ0n) is 17.0. The molecule has 1 aliphatic heterocycles. The Bertz CT molecular complexity index is 987. The second-order valence-corrected chi connectivity index (χ2v) is 7.95. The first kappa shape index (κ1) is 19.5. The van der Waals surface area contributed by atoms with Gasteiger partial charge in [-0.15, -0.1) is 0 Å². The standard InChI is InChI=1S/C24H29N3O2/c1-18-6-2-3-8-23(18)27-14-12-26(13-15-27)11-5-4-7-20-17-25-22-10-9-19(24(28)29)16-21(20)22/h2-3,6,8-10,16-17,25H,4-5,7,11-15H2,1H3,(H,28,29). The number of para-hydroxylation sites is 1. The van der Waals surface area contributed by atoms with Crippen LogP contribution >= 0.6 is 0 Å². The van der Waals surface area contributed by atoms with E-state index in [9.17, 15) is 9.90 Å². The number of hydrogen-bond donors (Lipinski definition) is 2. The van der Waals surface area contributed by atoms with Crippen molar-refractivity contribution in [2.75, 3.05) is 37.6 Å². The van der Waals surface area contributed by atoms with Crippen LogP contribution in [0.2, 0.25) is 0 Å². The number of fused-ring (bicyclic) bond motifs is 1. The van der Waals surface area contributed by atoms with Crippen molar-refractivity contribution < 1.29 is 9.90 Å². The van der Waals surface area contributed by atoms with E-state index in [1.165, 1.54) is 16.8 Å². The molecule has 0 spiro atoms. The van der Waals surface area contributed by atoms with Gasteiger partial charge in [0.15, 0.2) is 0 Å². The average Bonchev–Trinajstić information content (AvgIpc) is 3.14. The van der Waals surface area contributed by atoms with Gasteiger partial charge in [0, 0.05) is 49.0 Å². The molecule has 0 atom stereocenters. The molecule has 1 saturated heterocycles. The number of aryl methyl sites for hydroxylation is 2. The van der Waals surface area contributed by atoms with E-state index >= 15 is 0 Å². The van der Waals surface area contributed by atoms with Gasteiger partial charge in [-0.2, -0.15) is 0 Å². The Morgan fingerprint density at radius 1 is 1.07 bits per heavy atom. The van der Waals surface area contributed by atoms with Crippen molar-refractivity contribution in [2.45, 2.75) is 26.2 Å². The molecule has 1 aliphatic rings. The van der Waals surface area contributed by atoms with Crippen LogP contribution in [0.5, 0.6) is 0 Å². The van der Waals surface area contributed by atoms with Gasteiger partial charge in [0.2, 0.25) is 0 Å². The van der Waals surface area contributed by atoms with Crippen molar-refractivity contribution in [2.24, 2.45) is 0 Å². The number of unbranched alkanes of at least 4 members (excludes halogenated alkanes) is 1. The number of anilines is 1. The van der Waals surface area contributed by atoms with E-state index in [1.54, 1.807) is 12.1 Å². The number of benzene rings is 2. The smallest absolute Gasteiger partial charge is 0.335 e. The molecule has 1 aromatic heterocycles. The van der Waals surface area contributed by atoms with E-state index in [2.05, 4.69) is 46.0 Å². The highest BCUT2D eigenvalue weighted by atomic mass is 16.4. The third-order valence-corrected chi connectivity index (χ3v) is 6.01. The Labute approximate surface area is 171 Å². The van der Waals surface area contributed by atoms with Gasteiger partial charge < -0.3 is 15.0 Å². The number of aromatic carboxylic acids is 1. The summed E-state index contributed by atoms with van der Waals surface area (Å²) in [6, 6.07) is 13.9. The molecule has 0 bridgehead atoms. The van der Waals surface area contributed by atoms with Crippen molar-refractivity contribution in [3.05, 3.63) is 65.4 Å². The van der Waals surface area contributed by atoms with Gasteiger partial charge >= 0.3 is 5.97 Å². The van der Waals surface area contributed by atoms with Crippen LogP contribution in [0.25, 0.3) is 10.9 Å². The minimum Gasteiger partial charge on any atom is -0.478 e. The SMILES string of the molecule is Cc1ccccc1N1CCN(CCCCc2c[nH]c3ccc(C(=O)O)cc23)CC1.